The van der Waals surface area contributed by atoms with Crippen molar-refractivity contribution in [3.05, 3.63) is 71.6 Å². The van der Waals surface area contributed by atoms with E-state index in [1.165, 1.54) is 24.3 Å². The molecule has 2 aliphatic rings. The molecule has 0 bridgehead atoms. The number of ether oxygens (including phenoxy) is 1. The first-order valence-electron chi connectivity index (χ1n) is 10.0. The number of benzene rings is 1. The Morgan fingerprint density at radius 1 is 1.23 bits per heavy atom. The van der Waals surface area contributed by atoms with Crippen LogP contribution < -0.4 is 10.1 Å². The number of hydrogen-bond acceptors (Lipinski definition) is 4. The van der Waals surface area contributed by atoms with Gasteiger partial charge in [-0.25, -0.2) is 23.1 Å². The number of halogens is 3. The SMILES string of the molecule is Cc1ncc(OC[C@@]2(C3C=CC(F)=C(F)C3)C[C@H]2C(=O)Nc2ccc(F)cc2)c(C)n1. The molecule has 1 N–H and O–H groups in total. The van der Waals surface area contributed by atoms with E-state index in [4.69, 9.17) is 4.74 Å². The number of carbonyl (C=O) groups excluding carboxylic acids is 1. The van der Waals surface area contributed by atoms with E-state index in [0.29, 0.717) is 29.4 Å². The Balaban J connectivity index is 1.53. The number of allylic oxidation sites excluding steroid dienone is 4. The van der Waals surface area contributed by atoms with Gasteiger partial charge in [-0.05, 0) is 56.5 Å². The average molecular weight is 429 g/mol. The van der Waals surface area contributed by atoms with E-state index in [1.807, 2.05) is 0 Å². The predicted octanol–water partition coefficient (Wildman–Crippen LogP) is 4.98. The second kappa shape index (κ2) is 8.17. The number of nitrogens with zero attached hydrogens (tertiary/aromatic N) is 2. The summed E-state index contributed by atoms with van der Waals surface area (Å²) in [5, 5.41) is 2.77. The van der Waals surface area contributed by atoms with Crippen molar-refractivity contribution in [2.75, 3.05) is 11.9 Å². The van der Waals surface area contributed by atoms with Crippen LogP contribution in [0.25, 0.3) is 0 Å². The van der Waals surface area contributed by atoms with Crippen LogP contribution in [0.1, 0.15) is 24.4 Å². The monoisotopic (exact) mass is 429 g/mol. The zero-order valence-electron chi connectivity index (χ0n) is 17.2. The minimum absolute atomic E-state index is 0.130. The molecular weight excluding hydrogens is 407 g/mol. The van der Waals surface area contributed by atoms with Crippen LogP contribution in [0.2, 0.25) is 0 Å². The van der Waals surface area contributed by atoms with Crippen LogP contribution in [0.5, 0.6) is 5.75 Å². The zero-order valence-corrected chi connectivity index (χ0v) is 17.2. The fraction of sp³-hybridized carbons (Fsp3) is 0.348. The number of aromatic nitrogens is 2. The van der Waals surface area contributed by atoms with Gasteiger partial charge in [0, 0.05) is 23.4 Å². The summed E-state index contributed by atoms with van der Waals surface area (Å²) in [6, 6.07) is 5.45. The molecule has 1 unspecified atom stereocenters. The van der Waals surface area contributed by atoms with Crippen LogP contribution >= 0.6 is 0 Å². The topological polar surface area (TPSA) is 64.1 Å². The molecule has 1 aromatic carbocycles. The maximum Gasteiger partial charge on any atom is 0.228 e. The molecule has 1 saturated carbocycles. The van der Waals surface area contributed by atoms with Gasteiger partial charge in [0.2, 0.25) is 5.91 Å². The van der Waals surface area contributed by atoms with Crippen molar-refractivity contribution < 1.29 is 22.7 Å². The normalized spacial score (nSPS) is 24.8. The number of rotatable bonds is 6. The van der Waals surface area contributed by atoms with Gasteiger partial charge in [0.05, 0.1) is 18.5 Å². The van der Waals surface area contributed by atoms with E-state index in [9.17, 15) is 18.0 Å². The van der Waals surface area contributed by atoms with Crippen LogP contribution in [0.4, 0.5) is 18.9 Å². The van der Waals surface area contributed by atoms with E-state index >= 15 is 0 Å². The highest BCUT2D eigenvalue weighted by Crippen LogP contribution is 2.61. The highest BCUT2D eigenvalue weighted by Gasteiger charge is 2.62. The van der Waals surface area contributed by atoms with Crippen LogP contribution in [-0.4, -0.2) is 22.5 Å². The molecule has 1 amide bonds. The molecule has 5 nitrogen and oxygen atoms in total. The van der Waals surface area contributed by atoms with Gasteiger partial charge in [0.1, 0.15) is 17.5 Å². The molecule has 1 aromatic heterocycles. The maximum atomic E-state index is 14.0. The van der Waals surface area contributed by atoms with E-state index < -0.39 is 34.7 Å². The summed E-state index contributed by atoms with van der Waals surface area (Å²) < 4.78 is 46.7. The molecule has 0 spiro atoms. The predicted molar refractivity (Wildman–Crippen MR) is 109 cm³/mol. The number of hydrogen-bond donors (Lipinski definition) is 1. The summed E-state index contributed by atoms with van der Waals surface area (Å²) in [6.07, 6.45) is 4.60. The fourth-order valence-corrected chi connectivity index (χ4v) is 4.08. The van der Waals surface area contributed by atoms with E-state index in [0.717, 1.165) is 6.08 Å². The Kier molecular flexibility index (Phi) is 5.56. The van der Waals surface area contributed by atoms with Gasteiger partial charge in [0.15, 0.2) is 11.6 Å². The highest BCUT2D eigenvalue weighted by atomic mass is 19.2. The van der Waals surface area contributed by atoms with Gasteiger partial charge < -0.3 is 10.1 Å². The number of carbonyl (C=O) groups is 1. The van der Waals surface area contributed by atoms with Gasteiger partial charge in [0.25, 0.3) is 0 Å². The number of amides is 1. The fourth-order valence-electron chi connectivity index (χ4n) is 4.08. The van der Waals surface area contributed by atoms with Crippen molar-refractivity contribution in [1.29, 1.82) is 0 Å². The lowest BCUT2D eigenvalue weighted by Gasteiger charge is -2.27. The molecule has 3 atom stereocenters. The molecule has 2 aromatic rings. The molecular formula is C23H22F3N3O2. The third-order valence-corrected chi connectivity index (χ3v) is 5.97. The number of aryl methyl sites for hydroxylation is 2. The molecule has 162 valence electrons. The van der Waals surface area contributed by atoms with Crippen LogP contribution in [0, 0.1) is 36.9 Å². The molecule has 0 radical (unpaired) electrons. The van der Waals surface area contributed by atoms with Gasteiger partial charge >= 0.3 is 0 Å². The van der Waals surface area contributed by atoms with Crippen molar-refractivity contribution in [2.45, 2.75) is 26.7 Å². The minimum atomic E-state index is -0.886. The van der Waals surface area contributed by atoms with E-state index in [-0.39, 0.29) is 18.9 Å². The smallest absolute Gasteiger partial charge is 0.228 e. The molecule has 1 fully saturated rings. The molecule has 0 saturated heterocycles. The molecule has 1 heterocycles. The first kappa shape index (κ1) is 21.1. The van der Waals surface area contributed by atoms with Crippen LogP contribution in [-0.2, 0) is 4.79 Å². The lowest BCUT2D eigenvalue weighted by molar-refractivity contribution is -0.118. The first-order chi connectivity index (χ1) is 14.8. The number of anilines is 1. The van der Waals surface area contributed by atoms with Crippen molar-refractivity contribution in [2.24, 2.45) is 17.3 Å². The van der Waals surface area contributed by atoms with Crippen LogP contribution in [0.3, 0.4) is 0 Å². The third kappa shape index (κ3) is 4.33. The zero-order chi connectivity index (χ0) is 22.2. The molecule has 8 heteroatoms. The largest absolute Gasteiger partial charge is 0.489 e. The van der Waals surface area contributed by atoms with Crippen molar-refractivity contribution in [1.82, 2.24) is 9.97 Å². The summed E-state index contributed by atoms with van der Waals surface area (Å²) in [7, 11) is 0. The average Bonchev–Trinajstić information content (AvgIpc) is 3.47. The maximum absolute atomic E-state index is 14.0. The summed E-state index contributed by atoms with van der Waals surface area (Å²) >= 11 is 0. The third-order valence-electron chi connectivity index (χ3n) is 5.97. The van der Waals surface area contributed by atoms with Gasteiger partial charge in [-0.15, -0.1) is 0 Å². The van der Waals surface area contributed by atoms with Gasteiger partial charge in [-0.2, -0.15) is 0 Å². The van der Waals surface area contributed by atoms with Crippen molar-refractivity contribution in [3.63, 3.8) is 0 Å². The standard InChI is InChI=1S/C23H22F3N3O2/c1-13-21(11-27-14(2)28-13)31-12-23(15-3-8-19(25)20(26)9-15)10-18(23)22(30)29-17-6-4-16(24)5-7-17/h3-8,11,15,18H,9-10,12H2,1-2H3,(H,29,30)/t15?,18-,23+/m0/s1. The Labute approximate surface area is 178 Å². The summed E-state index contributed by atoms with van der Waals surface area (Å²) in [4.78, 5) is 21.3. The van der Waals surface area contributed by atoms with Crippen molar-refractivity contribution >= 4 is 11.6 Å². The Morgan fingerprint density at radius 2 is 1.97 bits per heavy atom. The van der Waals surface area contributed by atoms with Gasteiger partial charge in [-0.3, -0.25) is 4.79 Å². The minimum Gasteiger partial charge on any atom is -0.489 e. The first-order valence-corrected chi connectivity index (χ1v) is 10.0. The summed E-state index contributed by atoms with van der Waals surface area (Å²) in [6.45, 7) is 3.69. The lowest BCUT2D eigenvalue weighted by Crippen LogP contribution is -2.30. The second-order valence-electron chi connectivity index (χ2n) is 8.06. The Morgan fingerprint density at radius 3 is 2.65 bits per heavy atom. The van der Waals surface area contributed by atoms with Crippen LogP contribution in [0.15, 0.2) is 54.3 Å². The lowest BCUT2D eigenvalue weighted by atomic mass is 9.82. The molecule has 4 rings (SSSR count). The van der Waals surface area contributed by atoms with Gasteiger partial charge in [-0.1, -0.05) is 6.08 Å². The number of nitrogens with one attached hydrogen (secondary N) is 1. The molecule has 2 aliphatic carbocycles. The Hall–Kier alpha value is -3.16. The summed E-state index contributed by atoms with van der Waals surface area (Å²) in [5.74, 6) is -2.16. The second-order valence-corrected chi connectivity index (χ2v) is 8.06. The van der Waals surface area contributed by atoms with Crippen molar-refractivity contribution in [3.8, 4) is 5.75 Å². The van der Waals surface area contributed by atoms with E-state index in [1.54, 1.807) is 26.1 Å². The van der Waals surface area contributed by atoms with E-state index in [2.05, 4.69) is 15.3 Å². The molecule has 0 aliphatic heterocycles. The Bertz CT molecular complexity index is 1070. The highest BCUT2D eigenvalue weighted by molar-refractivity contribution is 5.95. The molecule has 31 heavy (non-hydrogen) atoms. The summed E-state index contributed by atoms with van der Waals surface area (Å²) in [5.41, 5.74) is 0.426. The quantitative estimate of drug-likeness (QED) is 0.703.